The van der Waals surface area contributed by atoms with Crippen molar-refractivity contribution >= 4 is 0 Å². The van der Waals surface area contributed by atoms with Gasteiger partial charge in [0, 0.05) is 0 Å². The van der Waals surface area contributed by atoms with E-state index in [4.69, 9.17) is 0 Å². The zero-order valence-corrected chi connectivity index (χ0v) is 11.6. The van der Waals surface area contributed by atoms with Crippen LogP contribution in [0.3, 0.4) is 0 Å². The standard InChI is InChI=1S/C14H28O2/c1-11(2)12(7-9-13(3,4)15)8-10-14(5,6)16/h7,9,11-12,15-16H,8,10H2,1-6H3/b9-7+. The fraction of sp³-hybridized carbons (Fsp3) is 0.857. The van der Waals surface area contributed by atoms with Gasteiger partial charge in [-0.05, 0) is 52.4 Å². The number of hydrogen-bond donors (Lipinski definition) is 2. The highest BCUT2D eigenvalue weighted by atomic mass is 16.3. The molecular formula is C14H28O2. The molecule has 0 aromatic rings. The van der Waals surface area contributed by atoms with Crippen LogP contribution in [0.2, 0.25) is 0 Å². The third-order valence-electron chi connectivity index (χ3n) is 2.70. The molecule has 0 amide bonds. The van der Waals surface area contributed by atoms with Gasteiger partial charge in [0.15, 0.2) is 0 Å². The van der Waals surface area contributed by atoms with E-state index in [0.717, 1.165) is 12.8 Å². The van der Waals surface area contributed by atoms with Gasteiger partial charge in [-0.2, -0.15) is 0 Å². The lowest BCUT2D eigenvalue weighted by Crippen LogP contribution is -2.21. The number of aliphatic hydroxyl groups is 2. The van der Waals surface area contributed by atoms with Crippen molar-refractivity contribution in [1.29, 1.82) is 0 Å². The lowest BCUT2D eigenvalue weighted by atomic mass is 9.86. The fourth-order valence-corrected chi connectivity index (χ4v) is 1.53. The molecule has 1 atom stereocenters. The maximum Gasteiger partial charge on any atom is 0.0771 e. The molecule has 0 radical (unpaired) electrons. The first-order valence-electron chi connectivity index (χ1n) is 6.15. The molecule has 0 aromatic heterocycles. The topological polar surface area (TPSA) is 40.5 Å². The molecule has 0 fully saturated rings. The summed E-state index contributed by atoms with van der Waals surface area (Å²) in [6.07, 6.45) is 5.66. The minimum absolute atomic E-state index is 0.415. The van der Waals surface area contributed by atoms with Gasteiger partial charge in [-0.15, -0.1) is 0 Å². The van der Waals surface area contributed by atoms with E-state index in [0.29, 0.717) is 11.8 Å². The summed E-state index contributed by atoms with van der Waals surface area (Å²) < 4.78 is 0. The Balaban J connectivity index is 4.36. The first-order valence-corrected chi connectivity index (χ1v) is 6.15. The van der Waals surface area contributed by atoms with Gasteiger partial charge in [-0.1, -0.05) is 26.0 Å². The van der Waals surface area contributed by atoms with E-state index < -0.39 is 11.2 Å². The van der Waals surface area contributed by atoms with E-state index in [1.165, 1.54) is 0 Å². The molecule has 1 unspecified atom stereocenters. The van der Waals surface area contributed by atoms with E-state index in [1.54, 1.807) is 13.8 Å². The third kappa shape index (κ3) is 8.93. The van der Waals surface area contributed by atoms with E-state index in [9.17, 15) is 10.2 Å². The minimum Gasteiger partial charge on any atom is -0.390 e. The SMILES string of the molecule is CC(C)C(/C=C/C(C)(C)O)CCC(C)(C)O. The molecule has 0 spiro atoms. The quantitative estimate of drug-likeness (QED) is 0.686. The number of allylic oxidation sites excluding steroid dienone is 1. The highest BCUT2D eigenvalue weighted by Crippen LogP contribution is 2.24. The molecule has 0 saturated heterocycles. The largest absolute Gasteiger partial charge is 0.390 e. The van der Waals surface area contributed by atoms with Crippen molar-refractivity contribution < 1.29 is 10.2 Å². The molecular weight excluding hydrogens is 200 g/mol. The van der Waals surface area contributed by atoms with Gasteiger partial charge >= 0.3 is 0 Å². The molecule has 0 heterocycles. The summed E-state index contributed by atoms with van der Waals surface area (Å²) in [7, 11) is 0. The maximum absolute atomic E-state index is 9.70. The Morgan fingerprint density at radius 2 is 1.56 bits per heavy atom. The Bertz CT molecular complexity index is 216. The molecule has 0 aliphatic carbocycles. The summed E-state index contributed by atoms with van der Waals surface area (Å²) in [5.74, 6) is 0.943. The van der Waals surface area contributed by atoms with Gasteiger partial charge < -0.3 is 10.2 Å². The first-order chi connectivity index (χ1) is 7.01. The minimum atomic E-state index is -0.748. The van der Waals surface area contributed by atoms with Crippen LogP contribution in [0, 0.1) is 11.8 Å². The van der Waals surface area contributed by atoms with Crippen LogP contribution in [0.1, 0.15) is 54.4 Å². The van der Waals surface area contributed by atoms with Crippen molar-refractivity contribution in [3.8, 4) is 0 Å². The summed E-state index contributed by atoms with van der Waals surface area (Å²) in [5, 5.41) is 19.3. The Morgan fingerprint density at radius 3 is 1.88 bits per heavy atom. The molecule has 0 aromatic carbocycles. The molecule has 0 aliphatic rings. The number of hydrogen-bond acceptors (Lipinski definition) is 2. The Morgan fingerprint density at radius 1 is 1.06 bits per heavy atom. The van der Waals surface area contributed by atoms with Gasteiger partial charge in [-0.25, -0.2) is 0 Å². The third-order valence-corrected chi connectivity index (χ3v) is 2.70. The van der Waals surface area contributed by atoms with Crippen molar-refractivity contribution in [3.05, 3.63) is 12.2 Å². The van der Waals surface area contributed by atoms with Crippen molar-refractivity contribution in [2.75, 3.05) is 0 Å². The van der Waals surface area contributed by atoms with Crippen LogP contribution in [-0.4, -0.2) is 21.4 Å². The van der Waals surface area contributed by atoms with Crippen LogP contribution >= 0.6 is 0 Å². The van der Waals surface area contributed by atoms with Crippen LogP contribution in [-0.2, 0) is 0 Å². The summed E-state index contributed by atoms with van der Waals surface area (Å²) in [5.41, 5.74) is -1.35. The molecule has 2 N–H and O–H groups in total. The Kier molecular flexibility index (Phi) is 5.71. The van der Waals surface area contributed by atoms with Crippen LogP contribution in [0.25, 0.3) is 0 Å². The van der Waals surface area contributed by atoms with Crippen molar-refractivity contribution in [2.24, 2.45) is 11.8 Å². The van der Waals surface area contributed by atoms with Gasteiger partial charge in [0.2, 0.25) is 0 Å². The summed E-state index contributed by atoms with van der Waals surface area (Å²) in [6, 6.07) is 0. The Labute approximate surface area is 100 Å². The molecule has 2 nitrogen and oxygen atoms in total. The normalized spacial score (nSPS) is 16.1. The molecule has 0 bridgehead atoms. The van der Waals surface area contributed by atoms with Crippen molar-refractivity contribution in [1.82, 2.24) is 0 Å². The van der Waals surface area contributed by atoms with E-state index >= 15 is 0 Å². The highest BCUT2D eigenvalue weighted by Gasteiger charge is 2.18. The monoisotopic (exact) mass is 228 g/mol. The predicted molar refractivity (Wildman–Crippen MR) is 69.3 cm³/mol. The van der Waals surface area contributed by atoms with Crippen LogP contribution in [0.15, 0.2) is 12.2 Å². The smallest absolute Gasteiger partial charge is 0.0771 e. The van der Waals surface area contributed by atoms with E-state index in [2.05, 4.69) is 19.9 Å². The zero-order chi connectivity index (χ0) is 13.0. The second-order valence-electron chi connectivity index (χ2n) is 6.27. The average Bonchev–Trinajstić information content (AvgIpc) is 1.98. The lowest BCUT2D eigenvalue weighted by molar-refractivity contribution is 0.0635. The average molecular weight is 228 g/mol. The van der Waals surface area contributed by atoms with Crippen LogP contribution < -0.4 is 0 Å². The highest BCUT2D eigenvalue weighted by molar-refractivity contribution is 4.99. The molecule has 0 saturated carbocycles. The molecule has 0 rings (SSSR count). The zero-order valence-electron chi connectivity index (χ0n) is 11.6. The first kappa shape index (κ1) is 15.7. The number of rotatable bonds is 6. The van der Waals surface area contributed by atoms with E-state index in [1.807, 2.05) is 19.9 Å². The predicted octanol–water partition coefficient (Wildman–Crippen LogP) is 3.14. The molecule has 0 aliphatic heterocycles. The molecule has 2 heteroatoms. The van der Waals surface area contributed by atoms with Crippen molar-refractivity contribution in [2.45, 2.75) is 65.6 Å². The lowest BCUT2D eigenvalue weighted by Gasteiger charge is -2.23. The van der Waals surface area contributed by atoms with Gasteiger partial charge in [0.05, 0.1) is 11.2 Å². The van der Waals surface area contributed by atoms with Crippen LogP contribution in [0.4, 0.5) is 0 Å². The second-order valence-corrected chi connectivity index (χ2v) is 6.27. The summed E-state index contributed by atoms with van der Waals surface area (Å²) >= 11 is 0. The van der Waals surface area contributed by atoms with Gasteiger partial charge in [0.25, 0.3) is 0 Å². The summed E-state index contributed by atoms with van der Waals surface area (Å²) in [6.45, 7) is 11.6. The molecule has 96 valence electrons. The fourth-order valence-electron chi connectivity index (χ4n) is 1.53. The van der Waals surface area contributed by atoms with Gasteiger partial charge in [-0.3, -0.25) is 0 Å². The van der Waals surface area contributed by atoms with Crippen molar-refractivity contribution in [3.63, 3.8) is 0 Å². The van der Waals surface area contributed by atoms with Gasteiger partial charge in [0.1, 0.15) is 0 Å². The van der Waals surface area contributed by atoms with Crippen LogP contribution in [0.5, 0.6) is 0 Å². The maximum atomic E-state index is 9.70. The summed E-state index contributed by atoms with van der Waals surface area (Å²) in [4.78, 5) is 0. The second kappa shape index (κ2) is 5.83. The Hall–Kier alpha value is -0.340. The van der Waals surface area contributed by atoms with E-state index in [-0.39, 0.29) is 0 Å². The molecule has 16 heavy (non-hydrogen) atoms.